The molecular weight excluding hydrogens is 328 g/mol. The van der Waals surface area contributed by atoms with E-state index in [1.807, 2.05) is 59.5 Å². The third kappa shape index (κ3) is 2.45. The minimum Gasteiger partial charge on any atom is -0.483 e. The van der Waals surface area contributed by atoms with E-state index in [4.69, 9.17) is 4.74 Å². The van der Waals surface area contributed by atoms with E-state index in [1.165, 1.54) is 0 Å². The van der Waals surface area contributed by atoms with Crippen LogP contribution in [-0.4, -0.2) is 32.1 Å². The first kappa shape index (κ1) is 15.1. The molecule has 6 heteroatoms. The molecule has 0 bridgehead atoms. The van der Waals surface area contributed by atoms with Crippen LogP contribution in [-0.2, 0) is 17.9 Å². The Morgan fingerprint density at radius 3 is 2.73 bits per heavy atom. The first-order valence-electron chi connectivity index (χ1n) is 8.77. The molecule has 1 atom stereocenters. The number of benzene rings is 2. The molecule has 0 saturated carbocycles. The van der Waals surface area contributed by atoms with E-state index in [2.05, 4.69) is 14.8 Å². The highest BCUT2D eigenvalue weighted by molar-refractivity contribution is 5.79. The van der Waals surface area contributed by atoms with E-state index >= 15 is 0 Å². The number of amides is 1. The minimum atomic E-state index is 0.0404. The van der Waals surface area contributed by atoms with Crippen LogP contribution in [0.3, 0.4) is 0 Å². The number of rotatable bonds is 3. The van der Waals surface area contributed by atoms with Gasteiger partial charge in [-0.3, -0.25) is 9.36 Å². The fourth-order valence-corrected chi connectivity index (χ4v) is 3.76. The number of carbonyl (C=O) groups excluding carboxylic acids is 1. The van der Waals surface area contributed by atoms with Crippen LogP contribution >= 0.6 is 0 Å². The zero-order chi connectivity index (χ0) is 17.5. The number of fused-ring (bicyclic) bond motifs is 3. The van der Waals surface area contributed by atoms with Crippen molar-refractivity contribution in [3.63, 3.8) is 0 Å². The molecule has 3 heterocycles. The Kier molecular flexibility index (Phi) is 3.48. The molecule has 0 N–H and O–H groups in total. The molecule has 0 spiro atoms. The van der Waals surface area contributed by atoms with Gasteiger partial charge < -0.3 is 9.64 Å². The molecule has 0 radical (unpaired) electrons. The standard InChI is InChI=1S/C20H18N4O2/c25-19-10-15(12-23(19)11-14-6-2-1-3-7-14)20-22-21-18-13-26-17-9-5-4-8-16(17)24(18)20/h1-9,15H,10-13H2. The molecule has 0 aliphatic carbocycles. The monoisotopic (exact) mass is 346 g/mol. The Hall–Kier alpha value is -3.15. The van der Waals surface area contributed by atoms with Gasteiger partial charge in [0.2, 0.25) is 5.91 Å². The molecular formula is C20H18N4O2. The summed E-state index contributed by atoms with van der Waals surface area (Å²) in [6.45, 7) is 1.70. The van der Waals surface area contributed by atoms with Crippen LogP contribution in [0.25, 0.3) is 5.69 Å². The summed E-state index contributed by atoms with van der Waals surface area (Å²) in [5, 5.41) is 8.70. The Morgan fingerprint density at radius 1 is 1.04 bits per heavy atom. The van der Waals surface area contributed by atoms with Gasteiger partial charge in [0.25, 0.3) is 0 Å². The van der Waals surface area contributed by atoms with E-state index in [1.54, 1.807) is 0 Å². The van der Waals surface area contributed by atoms with Gasteiger partial charge in [-0.05, 0) is 17.7 Å². The summed E-state index contributed by atoms with van der Waals surface area (Å²) in [5.41, 5.74) is 2.09. The molecule has 1 aromatic heterocycles. The van der Waals surface area contributed by atoms with Crippen molar-refractivity contribution in [1.82, 2.24) is 19.7 Å². The van der Waals surface area contributed by atoms with Crippen LogP contribution in [0.4, 0.5) is 0 Å². The zero-order valence-electron chi connectivity index (χ0n) is 14.2. The predicted molar refractivity (Wildman–Crippen MR) is 94.9 cm³/mol. The normalized spacial score (nSPS) is 18.4. The number of carbonyl (C=O) groups is 1. The van der Waals surface area contributed by atoms with E-state index in [-0.39, 0.29) is 11.8 Å². The lowest BCUT2D eigenvalue weighted by Gasteiger charge is -2.21. The van der Waals surface area contributed by atoms with Crippen LogP contribution < -0.4 is 4.74 Å². The van der Waals surface area contributed by atoms with Gasteiger partial charge >= 0.3 is 0 Å². The smallest absolute Gasteiger partial charge is 0.223 e. The lowest BCUT2D eigenvalue weighted by molar-refractivity contribution is -0.128. The molecule has 2 aliphatic rings. The highest BCUT2D eigenvalue weighted by atomic mass is 16.5. The summed E-state index contributed by atoms with van der Waals surface area (Å²) < 4.78 is 7.80. The molecule has 3 aromatic rings. The minimum absolute atomic E-state index is 0.0404. The first-order chi connectivity index (χ1) is 12.8. The molecule has 26 heavy (non-hydrogen) atoms. The molecule has 1 unspecified atom stereocenters. The van der Waals surface area contributed by atoms with E-state index < -0.39 is 0 Å². The average Bonchev–Trinajstić information content (AvgIpc) is 3.26. The zero-order valence-corrected chi connectivity index (χ0v) is 14.2. The van der Waals surface area contributed by atoms with Crippen LogP contribution in [0.2, 0.25) is 0 Å². The second-order valence-electron chi connectivity index (χ2n) is 6.73. The molecule has 6 nitrogen and oxygen atoms in total. The van der Waals surface area contributed by atoms with Crippen LogP contribution in [0.1, 0.15) is 29.6 Å². The maximum absolute atomic E-state index is 12.5. The SMILES string of the molecule is O=C1CC(c2nnc3n2-c2ccccc2OC3)CN1Cc1ccccc1. The van der Waals surface area contributed by atoms with Crippen molar-refractivity contribution in [3.05, 3.63) is 71.8 Å². The maximum Gasteiger partial charge on any atom is 0.223 e. The fourth-order valence-electron chi connectivity index (χ4n) is 3.76. The van der Waals surface area contributed by atoms with Crippen molar-refractivity contribution in [2.75, 3.05) is 6.54 Å². The Morgan fingerprint density at radius 2 is 1.85 bits per heavy atom. The molecule has 130 valence electrons. The Labute approximate surface area is 151 Å². The van der Waals surface area contributed by atoms with Gasteiger partial charge in [-0.15, -0.1) is 10.2 Å². The summed E-state index contributed by atoms with van der Waals surface area (Å²) in [5.74, 6) is 2.66. The topological polar surface area (TPSA) is 60.3 Å². The number of ether oxygens (including phenoxy) is 1. The number of hydrogen-bond donors (Lipinski definition) is 0. The van der Waals surface area contributed by atoms with Gasteiger partial charge in [0.15, 0.2) is 5.82 Å². The summed E-state index contributed by atoms with van der Waals surface area (Å²) in [7, 11) is 0. The summed E-state index contributed by atoms with van der Waals surface area (Å²) in [6, 6.07) is 18.0. The first-order valence-corrected chi connectivity index (χ1v) is 8.77. The van der Waals surface area contributed by atoms with E-state index in [0.29, 0.717) is 26.1 Å². The van der Waals surface area contributed by atoms with E-state index in [9.17, 15) is 4.79 Å². The van der Waals surface area contributed by atoms with Crippen molar-refractivity contribution >= 4 is 5.91 Å². The van der Waals surface area contributed by atoms with Crippen molar-refractivity contribution in [1.29, 1.82) is 0 Å². The third-order valence-corrected chi connectivity index (χ3v) is 5.01. The molecule has 1 amide bonds. The van der Waals surface area contributed by atoms with Gasteiger partial charge in [0, 0.05) is 25.4 Å². The lowest BCUT2D eigenvalue weighted by Crippen LogP contribution is -2.24. The van der Waals surface area contributed by atoms with Gasteiger partial charge in [-0.25, -0.2) is 0 Å². The number of likely N-dealkylation sites (tertiary alicyclic amines) is 1. The largest absolute Gasteiger partial charge is 0.483 e. The van der Waals surface area contributed by atoms with Crippen LogP contribution in [0, 0.1) is 0 Å². The third-order valence-electron chi connectivity index (χ3n) is 5.01. The molecule has 2 aromatic carbocycles. The highest BCUT2D eigenvalue weighted by Crippen LogP contribution is 2.35. The lowest BCUT2D eigenvalue weighted by atomic mass is 10.1. The second-order valence-corrected chi connectivity index (χ2v) is 6.73. The molecule has 5 rings (SSSR count). The Balaban J connectivity index is 1.44. The quantitative estimate of drug-likeness (QED) is 0.732. The Bertz CT molecular complexity index is 967. The van der Waals surface area contributed by atoms with Crippen LogP contribution in [0.5, 0.6) is 5.75 Å². The fraction of sp³-hybridized carbons (Fsp3) is 0.250. The number of hydrogen-bond acceptors (Lipinski definition) is 4. The summed E-state index contributed by atoms with van der Waals surface area (Å²) in [6.07, 6.45) is 0.466. The second kappa shape index (κ2) is 5.98. The number of para-hydroxylation sites is 2. The maximum atomic E-state index is 12.5. The predicted octanol–water partition coefficient (Wildman–Crippen LogP) is 2.68. The van der Waals surface area contributed by atoms with E-state index in [0.717, 1.165) is 28.6 Å². The molecule has 2 aliphatic heterocycles. The van der Waals surface area contributed by atoms with Crippen molar-refractivity contribution < 1.29 is 9.53 Å². The van der Waals surface area contributed by atoms with Gasteiger partial charge in [0.05, 0.1) is 5.69 Å². The molecule has 1 saturated heterocycles. The summed E-state index contributed by atoms with van der Waals surface area (Å²) >= 11 is 0. The van der Waals surface area contributed by atoms with Gasteiger partial charge in [0.1, 0.15) is 18.2 Å². The number of aromatic nitrogens is 3. The highest BCUT2D eigenvalue weighted by Gasteiger charge is 2.35. The number of nitrogens with zero attached hydrogens (tertiary/aromatic N) is 4. The van der Waals surface area contributed by atoms with Crippen molar-refractivity contribution in [2.45, 2.75) is 25.5 Å². The summed E-state index contributed by atoms with van der Waals surface area (Å²) in [4.78, 5) is 14.5. The van der Waals surface area contributed by atoms with Crippen molar-refractivity contribution in [3.8, 4) is 11.4 Å². The average molecular weight is 346 g/mol. The van der Waals surface area contributed by atoms with Crippen LogP contribution in [0.15, 0.2) is 54.6 Å². The van der Waals surface area contributed by atoms with Crippen molar-refractivity contribution in [2.24, 2.45) is 0 Å². The van der Waals surface area contributed by atoms with Gasteiger partial charge in [-0.2, -0.15) is 0 Å². The van der Waals surface area contributed by atoms with Gasteiger partial charge in [-0.1, -0.05) is 42.5 Å². The molecule has 1 fully saturated rings.